The molecule has 0 bridgehead atoms. The van der Waals surface area contributed by atoms with E-state index in [-0.39, 0.29) is 51.0 Å². The van der Waals surface area contributed by atoms with E-state index < -0.39 is 11.7 Å². The second kappa shape index (κ2) is 8.35. The van der Waals surface area contributed by atoms with Crippen LogP contribution in [0.5, 0.6) is 0 Å². The fourth-order valence-electron chi connectivity index (χ4n) is 4.26. The number of nitrogens with zero attached hydrogens (tertiary/aromatic N) is 7. The number of halogens is 3. The fourth-order valence-corrected chi connectivity index (χ4v) is 5.42. The Morgan fingerprint density at radius 3 is 2.62 bits per heavy atom. The lowest BCUT2D eigenvalue weighted by molar-refractivity contribution is -0.135. The highest BCUT2D eigenvalue weighted by Crippen LogP contribution is 2.49. The molecule has 0 saturated carbocycles. The number of anilines is 1. The van der Waals surface area contributed by atoms with Crippen molar-refractivity contribution in [1.82, 2.24) is 29.3 Å². The van der Waals surface area contributed by atoms with E-state index in [9.17, 15) is 18.3 Å². The molecule has 1 fully saturated rings. The number of aromatic nitrogens is 6. The van der Waals surface area contributed by atoms with Crippen molar-refractivity contribution in [1.29, 1.82) is 0 Å². The molecule has 1 N–H and O–H groups in total. The molecule has 34 heavy (non-hydrogen) atoms. The van der Waals surface area contributed by atoms with Crippen LogP contribution in [0.4, 0.5) is 19.0 Å². The van der Waals surface area contributed by atoms with Crippen LogP contribution in [0.25, 0.3) is 32.4 Å². The Morgan fingerprint density at radius 1 is 1.24 bits per heavy atom. The van der Waals surface area contributed by atoms with Gasteiger partial charge in [-0.2, -0.15) is 18.3 Å². The van der Waals surface area contributed by atoms with Crippen LogP contribution < -0.4 is 4.90 Å². The largest absolute Gasteiger partial charge is 0.418 e. The molecule has 0 spiro atoms. The minimum Gasteiger partial charge on any atom is -0.396 e. The van der Waals surface area contributed by atoms with Gasteiger partial charge in [0, 0.05) is 57.3 Å². The van der Waals surface area contributed by atoms with Gasteiger partial charge in [-0.05, 0) is 26.3 Å². The Kier molecular flexibility index (Phi) is 5.59. The molecule has 1 saturated heterocycles. The van der Waals surface area contributed by atoms with Crippen molar-refractivity contribution in [3.05, 3.63) is 30.2 Å². The highest BCUT2D eigenvalue weighted by atomic mass is 32.1. The molecule has 12 heteroatoms. The highest BCUT2D eigenvalue weighted by Gasteiger charge is 2.41. The summed E-state index contributed by atoms with van der Waals surface area (Å²) in [6.07, 6.45) is 1.06. The molecule has 1 unspecified atom stereocenters. The van der Waals surface area contributed by atoms with Gasteiger partial charge in [0.1, 0.15) is 16.3 Å². The van der Waals surface area contributed by atoms with E-state index in [1.165, 1.54) is 0 Å². The maximum absolute atomic E-state index is 14.6. The molecule has 0 aromatic carbocycles. The third-order valence-electron chi connectivity index (χ3n) is 6.05. The Bertz CT molecular complexity index is 1340. The van der Waals surface area contributed by atoms with Crippen LogP contribution in [0.1, 0.15) is 31.9 Å². The zero-order chi connectivity index (χ0) is 24.2. The molecule has 1 aliphatic heterocycles. The zero-order valence-electron chi connectivity index (χ0n) is 18.9. The third kappa shape index (κ3) is 3.84. The molecule has 4 aromatic heterocycles. The van der Waals surface area contributed by atoms with Gasteiger partial charge >= 0.3 is 6.18 Å². The first-order chi connectivity index (χ1) is 16.2. The second-order valence-electron chi connectivity index (χ2n) is 8.77. The van der Waals surface area contributed by atoms with Crippen LogP contribution in [0.2, 0.25) is 0 Å². The molecule has 4 aromatic rings. The van der Waals surface area contributed by atoms with Gasteiger partial charge in [-0.25, -0.2) is 15.0 Å². The summed E-state index contributed by atoms with van der Waals surface area (Å²) in [6, 6.07) is 1.62. The Hall–Kier alpha value is -2.99. The maximum Gasteiger partial charge on any atom is 0.418 e. The maximum atomic E-state index is 14.6. The molecule has 0 aliphatic carbocycles. The summed E-state index contributed by atoms with van der Waals surface area (Å²) < 4.78 is 47.0. The van der Waals surface area contributed by atoms with Gasteiger partial charge < -0.3 is 14.6 Å². The molecular weight excluding hydrogens is 467 g/mol. The van der Waals surface area contributed by atoms with Gasteiger partial charge in [-0.15, -0.1) is 11.3 Å². The lowest BCUT2D eigenvalue weighted by Crippen LogP contribution is -2.23. The first kappa shape index (κ1) is 22.8. The van der Waals surface area contributed by atoms with Gasteiger partial charge in [0.05, 0.1) is 15.8 Å². The van der Waals surface area contributed by atoms with E-state index in [0.29, 0.717) is 25.3 Å². The van der Waals surface area contributed by atoms with E-state index in [0.717, 1.165) is 11.3 Å². The third-order valence-corrected chi connectivity index (χ3v) is 7.16. The van der Waals surface area contributed by atoms with E-state index in [1.54, 1.807) is 41.0 Å². The highest BCUT2D eigenvalue weighted by molar-refractivity contribution is 7.22. The van der Waals surface area contributed by atoms with E-state index in [1.807, 2.05) is 18.7 Å². The molecule has 0 amide bonds. The van der Waals surface area contributed by atoms with Crippen molar-refractivity contribution >= 4 is 27.4 Å². The lowest BCUT2D eigenvalue weighted by Gasteiger charge is -2.20. The van der Waals surface area contributed by atoms with Crippen LogP contribution in [0.3, 0.4) is 0 Å². The monoisotopic (exact) mass is 491 g/mol. The minimum atomic E-state index is -4.63. The number of imidazole rings is 1. The van der Waals surface area contributed by atoms with Crippen molar-refractivity contribution < 1.29 is 18.3 Å². The molecule has 5 heterocycles. The average molecular weight is 492 g/mol. The normalized spacial score (nSPS) is 16.9. The van der Waals surface area contributed by atoms with Crippen molar-refractivity contribution in [2.75, 3.05) is 24.6 Å². The lowest BCUT2D eigenvalue weighted by atomic mass is 10.1. The van der Waals surface area contributed by atoms with Crippen molar-refractivity contribution in [3.8, 4) is 22.2 Å². The van der Waals surface area contributed by atoms with E-state index >= 15 is 0 Å². The minimum absolute atomic E-state index is 0.0165. The predicted octanol–water partition coefficient (Wildman–Crippen LogP) is 4.37. The summed E-state index contributed by atoms with van der Waals surface area (Å²) in [4.78, 5) is 15.5. The Labute approximate surface area is 197 Å². The summed E-state index contributed by atoms with van der Waals surface area (Å²) >= 11 is 0.966. The van der Waals surface area contributed by atoms with E-state index in [4.69, 9.17) is 0 Å². The first-order valence-corrected chi connectivity index (χ1v) is 11.8. The summed E-state index contributed by atoms with van der Waals surface area (Å²) in [5.74, 6) is 0.929. The topological polar surface area (TPSA) is 84.9 Å². The van der Waals surface area contributed by atoms with Gasteiger partial charge in [0.2, 0.25) is 0 Å². The molecule has 0 radical (unpaired) electrons. The molecular formula is C22H24F3N7OS. The zero-order valence-corrected chi connectivity index (χ0v) is 19.7. The van der Waals surface area contributed by atoms with Crippen molar-refractivity contribution in [2.24, 2.45) is 13.0 Å². The standard InChI is InChI=1S/C22H24F3N7OS/c1-12(2)32-8-5-14(29-32)17-16(22(23,24)25)15-19(31-7-4-13(10-31)11-33)27-18(28-21(15)34-17)20-26-6-9-30(20)3/h5-6,8-9,12-13,33H,4,7,10-11H2,1-3H3. The van der Waals surface area contributed by atoms with Crippen molar-refractivity contribution in [2.45, 2.75) is 32.5 Å². The number of rotatable bonds is 5. The summed E-state index contributed by atoms with van der Waals surface area (Å²) in [5, 5.41) is 14.0. The number of alkyl halides is 3. The van der Waals surface area contributed by atoms with Gasteiger partial charge in [0.25, 0.3) is 0 Å². The number of aliphatic hydroxyl groups excluding tert-OH is 1. The average Bonchev–Trinajstić information content (AvgIpc) is 3.56. The number of aryl methyl sites for hydroxylation is 1. The van der Waals surface area contributed by atoms with Crippen LogP contribution in [0.15, 0.2) is 24.7 Å². The quantitative estimate of drug-likeness (QED) is 0.446. The molecule has 180 valence electrons. The smallest absolute Gasteiger partial charge is 0.396 e. The van der Waals surface area contributed by atoms with Crippen LogP contribution in [-0.4, -0.2) is 54.1 Å². The van der Waals surface area contributed by atoms with Gasteiger partial charge in [-0.3, -0.25) is 4.68 Å². The Balaban J connectivity index is 1.79. The number of hydrogen-bond donors (Lipinski definition) is 1. The van der Waals surface area contributed by atoms with Crippen LogP contribution in [0, 0.1) is 5.92 Å². The molecule has 5 rings (SSSR count). The number of hydrogen-bond acceptors (Lipinski definition) is 7. The van der Waals surface area contributed by atoms with E-state index in [2.05, 4.69) is 20.1 Å². The van der Waals surface area contributed by atoms with Gasteiger partial charge in [-0.1, -0.05) is 0 Å². The summed E-state index contributed by atoms with van der Waals surface area (Å²) in [7, 11) is 1.78. The SMILES string of the molecule is CC(C)n1ccc(-c2sc3nc(-c4nccn4C)nc(N4CCC(CO)C4)c3c2C(F)(F)F)n1. The number of thiophene rings is 1. The van der Waals surface area contributed by atoms with Crippen LogP contribution >= 0.6 is 11.3 Å². The Morgan fingerprint density at radius 2 is 2.03 bits per heavy atom. The molecule has 8 nitrogen and oxygen atoms in total. The van der Waals surface area contributed by atoms with Gasteiger partial charge in [0.15, 0.2) is 11.6 Å². The van der Waals surface area contributed by atoms with Crippen molar-refractivity contribution in [3.63, 3.8) is 0 Å². The second-order valence-corrected chi connectivity index (χ2v) is 9.77. The molecule has 1 aliphatic rings. The van der Waals surface area contributed by atoms with Crippen LogP contribution in [-0.2, 0) is 13.2 Å². The fraction of sp³-hybridized carbons (Fsp3) is 0.455. The molecule has 1 atom stereocenters. The predicted molar refractivity (Wildman–Crippen MR) is 124 cm³/mol. The number of aliphatic hydroxyl groups is 1. The summed E-state index contributed by atoms with van der Waals surface area (Å²) in [6.45, 7) is 4.74. The summed E-state index contributed by atoms with van der Waals surface area (Å²) in [5.41, 5.74) is -0.515. The number of fused-ring (bicyclic) bond motifs is 1. The first-order valence-electron chi connectivity index (χ1n) is 11.0.